The highest BCUT2D eigenvalue weighted by Crippen LogP contribution is 2.21. The fourth-order valence-corrected chi connectivity index (χ4v) is 1.84. The number of halogens is 3. The predicted octanol–water partition coefficient (Wildman–Crippen LogP) is 2.03. The van der Waals surface area contributed by atoms with Crippen LogP contribution in [0.2, 0.25) is 0 Å². The zero-order chi connectivity index (χ0) is 14.7. The van der Waals surface area contributed by atoms with Crippen molar-refractivity contribution >= 4 is 5.97 Å². The van der Waals surface area contributed by atoms with Gasteiger partial charge in [0.25, 0.3) is 0 Å². The third-order valence-electron chi connectivity index (χ3n) is 2.52. The van der Waals surface area contributed by atoms with Crippen molar-refractivity contribution < 1.29 is 27.4 Å². The van der Waals surface area contributed by atoms with Gasteiger partial charge in [-0.2, -0.15) is 13.2 Å². The normalized spacial score (nSPS) is 25.2. The van der Waals surface area contributed by atoms with Crippen LogP contribution in [0.4, 0.5) is 13.2 Å². The van der Waals surface area contributed by atoms with Crippen LogP contribution in [0.25, 0.3) is 0 Å². The quantitative estimate of drug-likeness (QED) is 0.805. The van der Waals surface area contributed by atoms with E-state index in [1.807, 2.05) is 0 Å². The molecule has 2 atom stereocenters. The van der Waals surface area contributed by atoms with Gasteiger partial charge in [-0.15, -0.1) is 0 Å². The number of carbonyl (C=O) groups is 1. The second-order valence-electron chi connectivity index (χ2n) is 5.57. The first-order valence-corrected chi connectivity index (χ1v) is 6.23. The number of esters is 1. The van der Waals surface area contributed by atoms with Gasteiger partial charge in [0.05, 0.1) is 6.10 Å². The Kier molecular flexibility index (Phi) is 5.20. The summed E-state index contributed by atoms with van der Waals surface area (Å²) in [6.45, 7) is 4.34. The molecule has 4 nitrogen and oxygen atoms in total. The number of hydrogen-bond acceptors (Lipinski definition) is 4. The van der Waals surface area contributed by atoms with Crippen molar-refractivity contribution in [1.82, 2.24) is 5.32 Å². The van der Waals surface area contributed by atoms with Gasteiger partial charge in [0.15, 0.2) is 0 Å². The molecule has 2 unspecified atom stereocenters. The first-order valence-electron chi connectivity index (χ1n) is 6.23. The van der Waals surface area contributed by atoms with Gasteiger partial charge in [0.1, 0.15) is 18.2 Å². The van der Waals surface area contributed by atoms with Crippen LogP contribution in [0.3, 0.4) is 0 Å². The Morgan fingerprint density at radius 3 is 2.47 bits per heavy atom. The second-order valence-corrected chi connectivity index (χ2v) is 5.57. The number of hydrogen-bond donors (Lipinski definition) is 1. The molecule has 19 heavy (non-hydrogen) atoms. The van der Waals surface area contributed by atoms with Crippen molar-refractivity contribution in [3.8, 4) is 0 Å². The molecule has 7 heteroatoms. The summed E-state index contributed by atoms with van der Waals surface area (Å²) in [5, 5.41) is 2.86. The van der Waals surface area contributed by atoms with E-state index in [-0.39, 0.29) is 0 Å². The Morgan fingerprint density at radius 2 is 1.95 bits per heavy atom. The first-order chi connectivity index (χ1) is 8.58. The maximum absolute atomic E-state index is 12.1. The van der Waals surface area contributed by atoms with E-state index in [2.05, 4.69) is 5.32 Å². The molecule has 0 saturated carbocycles. The van der Waals surface area contributed by atoms with Crippen molar-refractivity contribution in [2.45, 2.75) is 57.5 Å². The van der Waals surface area contributed by atoms with Crippen LogP contribution in [-0.4, -0.2) is 43.0 Å². The Hall–Kier alpha value is -0.820. The summed E-state index contributed by atoms with van der Waals surface area (Å²) in [7, 11) is 0. The van der Waals surface area contributed by atoms with E-state index in [0.717, 1.165) is 0 Å². The highest BCUT2D eigenvalue weighted by molar-refractivity contribution is 5.77. The SMILES string of the molecule is CC(C)(C)OC(=O)C1NCCCC1OCC(F)(F)F. The van der Waals surface area contributed by atoms with Crippen LogP contribution in [0.15, 0.2) is 0 Å². The van der Waals surface area contributed by atoms with E-state index >= 15 is 0 Å². The number of alkyl halides is 3. The van der Waals surface area contributed by atoms with Crippen molar-refractivity contribution in [1.29, 1.82) is 0 Å². The molecule has 1 aliphatic heterocycles. The molecule has 0 spiro atoms. The van der Waals surface area contributed by atoms with Crippen LogP contribution in [0.5, 0.6) is 0 Å². The topological polar surface area (TPSA) is 47.6 Å². The van der Waals surface area contributed by atoms with Gasteiger partial charge in [0.2, 0.25) is 0 Å². The molecule has 1 aliphatic rings. The summed E-state index contributed by atoms with van der Waals surface area (Å²) in [4.78, 5) is 11.9. The average molecular weight is 283 g/mol. The monoisotopic (exact) mass is 283 g/mol. The maximum atomic E-state index is 12.1. The number of piperidine rings is 1. The summed E-state index contributed by atoms with van der Waals surface area (Å²) in [6, 6.07) is -0.838. The molecule has 0 amide bonds. The van der Waals surface area contributed by atoms with Crippen LogP contribution in [0.1, 0.15) is 33.6 Å². The Morgan fingerprint density at radius 1 is 1.32 bits per heavy atom. The molecule has 0 radical (unpaired) electrons. The van der Waals surface area contributed by atoms with Crippen molar-refractivity contribution in [2.24, 2.45) is 0 Å². The van der Waals surface area contributed by atoms with E-state index in [4.69, 9.17) is 9.47 Å². The van der Waals surface area contributed by atoms with Crippen molar-refractivity contribution in [2.75, 3.05) is 13.2 Å². The van der Waals surface area contributed by atoms with E-state index in [1.165, 1.54) is 0 Å². The third-order valence-corrected chi connectivity index (χ3v) is 2.52. The van der Waals surface area contributed by atoms with Crippen molar-refractivity contribution in [3.05, 3.63) is 0 Å². The van der Waals surface area contributed by atoms with Crippen LogP contribution < -0.4 is 5.32 Å². The Bertz CT molecular complexity index is 312. The fraction of sp³-hybridized carbons (Fsp3) is 0.917. The molecule has 0 aromatic heterocycles. The first kappa shape index (κ1) is 16.2. The average Bonchev–Trinajstić information content (AvgIpc) is 2.23. The molecule has 0 aromatic carbocycles. The van der Waals surface area contributed by atoms with Gasteiger partial charge >= 0.3 is 12.1 Å². The largest absolute Gasteiger partial charge is 0.459 e. The minimum Gasteiger partial charge on any atom is -0.459 e. The molecule has 1 rings (SSSR count). The number of rotatable bonds is 3. The van der Waals surface area contributed by atoms with Gasteiger partial charge in [-0.1, -0.05) is 0 Å². The second kappa shape index (κ2) is 6.09. The predicted molar refractivity (Wildman–Crippen MR) is 62.7 cm³/mol. The summed E-state index contributed by atoms with van der Waals surface area (Å²) in [6.07, 6.45) is -4.12. The summed E-state index contributed by atoms with van der Waals surface area (Å²) < 4.78 is 46.4. The van der Waals surface area contributed by atoms with E-state index in [1.54, 1.807) is 20.8 Å². The van der Waals surface area contributed by atoms with E-state index < -0.39 is 36.5 Å². The fourth-order valence-electron chi connectivity index (χ4n) is 1.84. The maximum Gasteiger partial charge on any atom is 0.411 e. The molecular formula is C12H20F3NO3. The Balaban J connectivity index is 2.59. The molecule has 0 bridgehead atoms. The molecule has 1 heterocycles. The zero-order valence-corrected chi connectivity index (χ0v) is 11.3. The van der Waals surface area contributed by atoms with Gasteiger partial charge in [-0.3, -0.25) is 4.79 Å². The van der Waals surface area contributed by atoms with Crippen LogP contribution >= 0.6 is 0 Å². The highest BCUT2D eigenvalue weighted by Gasteiger charge is 2.37. The molecule has 0 aliphatic carbocycles. The highest BCUT2D eigenvalue weighted by atomic mass is 19.4. The summed E-state index contributed by atoms with van der Waals surface area (Å²) in [5.41, 5.74) is -0.676. The lowest BCUT2D eigenvalue weighted by molar-refractivity contribution is -0.196. The summed E-state index contributed by atoms with van der Waals surface area (Å²) in [5.74, 6) is -0.570. The van der Waals surface area contributed by atoms with Crippen LogP contribution in [-0.2, 0) is 14.3 Å². The lowest BCUT2D eigenvalue weighted by Crippen LogP contribution is -2.53. The molecule has 112 valence electrons. The number of carbonyl (C=O) groups excluding carboxylic acids is 1. The number of nitrogens with one attached hydrogen (secondary N) is 1. The van der Waals surface area contributed by atoms with Gasteiger partial charge in [-0.25, -0.2) is 0 Å². The minimum absolute atomic E-state index is 0.410. The van der Waals surface area contributed by atoms with Gasteiger partial charge in [0, 0.05) is 0 Å². The van der Waals surface area contributed by atoms with Crippen molar-refractivity contribution in [3.63, 3.8) is 0 Å². The molecular weight excluding hydrogens is 263 g/mol. The summed E-state index contributed by atoms with van der Waals surface area (Å²) >= 11 is 0. The standard InChI is InChI=1S/C12H20F3NO3/c1-11(2,3)19-10(17)9-8(5-4-6-16-9)18-7-12(13,14)15/h8-9,16H,4-7H2,1-3H3. The zero-order valence-electron chi connectivity index (χ0n) is 11.3. The molecule has 1 N–H and O–H groups in total. The van der Waals surface area contributed by atoms with E-state index in [9.17, 15) is 18.0 Å². The molecule has 1 fully saturated rings. The lowest BCUT2D eigenvalue weighted by Gasteiger charge is -2.33. The third kappa shape index (κ3) is 6.24. The van der Waals surface area contributed by atoms with Crippen LogP contribution in [0, 0.1) is 0 Å². The number of ether oxygens (including phenoxy) is 2. The minimum atomic E-state index is -4.39. The smallest absolute Gasteiger partial charge is 0.411 e. The van der Waals surface area contributed by atoms with Gasteiger partial charge < -0.3 is 14.8 Å². The van der Waals surface area contributed by atoms with E-state index in [0.29, 0.717) is 19.4 Å². The van der Waals surface area contributed by atoms with Gasteiger partial charge in [-0.05, 0) is 40.2 Å². The molecule has 1 saturated heterocycles. The molecule has 0 aromatic rings. The Labute approximate surface area is 110 Å². The lowest BCUT2D eigenvalue weighted by atomic mass is 10.0.